The predicted molar refractivity (Wildman–Crippen MR) is 496 cm³/mol. The van der Waals surface area contributed by atoms with Crippen molar-refractivity contribution < 1.29 is 161 Å². The molecule has 0 bridgehead atoms. The lowest BCUT2D eigenvalue weighted by molar-refractivity contribution is -0.140. The Bertz CT molecular complexity index is 4170. The first-order valence-electron chi connectivity index (χ1n) is 46.8. The Morgan fingerprint density at radius 1 is 0.164 bits per heavy atom. The molecule has 17 amide bonds. The highest BCUT2D eigenvalue weighted by molar-refractivity contribution is 6.02. The maximum absolute atomic E-state index is 14.7. The van der Waals surface area contributed by atoms with Crippen LogP contribution in [0, 0.1) is 47.3 Å². The summed E-state index contributed by atoms with van der Waals surface area (Å²) in [7, 11) is 0. The van der Waals surface area contributed by atoms with E-state index >= 15 is 0 Å². The Kier molecular flexibility index (Phi) is 58.7. The highest BCUT2D eigenvalue weighted by Gasteiger charge is 2.41. The molecule has 50 heteroatoms. The fourth-order valence-electron chi connectivity index (χ4n) is 14.3. The van der Waals surface area contributed by atoms with E-state index in [4.69, 9.17) is 5.73 Å². The Morgan fingerprint density at radius 3 is 0.357 bits per heavy atom. The number of nitrogens with one attached hydrogen (secondary N) is 16. The third kappa shape index (κ3) is 54.8. The van der Waals surface area contributed by atoms with Gasteiger partial charge in [0.15, 0.2) is 0 Å². The van der Waals surface area contributed by atoms with Gasteiger partial charge in [0.25, 0.3) is 0 Å². The van der Waals surface area contributed by atoms with Crippen molar-refractivity contribution in [1.82, 2.24) is 85.1 Å². The third-order valence-corrected chi connectivity index (χ3v) is 21.0. The molecule has 0 spiro atoms. The average Bonchev–Trinajstić information content (AvgIpc) is 0.851. The average molecular weight is 2000 g/mol. The van der Waals surface area contributed by atoms with Gasteiger partial charge in [0.05, 0.1) is 0 Å². The summed E-state index contributed by atoms with van der Waals surface area (Å²) in [6.45, 7) is 27.1. The highest BCUT2D eigenvalue weighted by Crippen LogP contribution is 2.20. The van der Waals surface area contributed by atoms with Crippen LogP contribution in [0.3, 0.4) is 0 Å². The summed E-state index contributed by atoms with van der Waals surface area (Å²) in [5.74, 6) is -34.0. The van der Waals surface area contributed by atoms with E-state index in [0.29, 0.717) is 0 Å². The van der Waals surface area contributed by atoms with E-state index in [0.717, 1.165) is 6.92 Å². The maximum atomic E-state index is 14.7. The number of amides is 17. The summed E-state index contributed by atoms with van der Waals surface area (Å²) in [6, 6.07) is -27.1. The van der Waals surface area contributed by atoms with E-state index < -0.39 is 383 Å². The first kappa shape index (κ1) is 127. The monoisotopic (exact) mass is 2000 g/mol. The second-order valence-corrected chi connectivity index (χ2v) is 38.1. The van der Waals surface area contributed by atoms with Crippen LogP contribution in [0.5, 0.6) is 0 Å². The zero-order chi connectivity index (χ0) is 108. The lowest BCUT2D eigenvalue weighted by atomic mass is 9.99. The van der Waals surface area contributed by atoms with Crippen LogP contribution in [0.1, 0.15) is 272 Å². The van der Waals surface area contributed by atoms with E-state index in [2.05, 4.69) is 85.1 Å². The zero-order valence-corrected chi connectivity index (χ0v) is 82.7. The van der Waals surface area contributed by atoms with E-state index in [1.165, 1.54) is 0 Å². The minimum Gasteiger partial charge on any atom is -0.481 e. The molecule has 50 nitrogen and oxygen atoms in total. The SMILES string of the molecule is CC(=O)N[C@@H](CC(C)C)C(=O)N[C@@H](CCC(=O)O)C(=O)N[C@@H](CC(C)C)C(=O)N[C@@H](CCC(=O)O)C(=O)N[C@@H](CC(C)C)C(=O)N[C@@H](CCC(=O)O)C(=O)N[C@@H](CC(C)C)C(=O)N[C@@H](CCC(=O)O)C(=O)N[C@@H](CC(C)C)C(=O)N[C@@H](CCC(=O)O)C(=O)N[C@@H](CC(C)C)C(=O)N[C@@H](CCC(=O)O)C(=O)N[C@@H](CC(C)C)C(=O)N[C@@H](CCC(=O)O)C(=O)N[C@@H](CC(C)C)C(=O)N[C@@H](CCC(=O)O)C(N)=O. The van der Waals surface area contributed by atoms with Gasteiger partial charge in [0.1, 0.15) is 96.7 Å². The number of carboxylic acids is 8. The molecule has 0 aliphatic rings. The van der Waals surface area contributed by atoms with Gasteiger partial charge in [-0.25, -0.2) is 0 Å². The van der Waals surface area contributed by atoms with Gasteiger partial charge in [-0.1, -0.05) is 111 Å². The van der Waals surface area contributed by atoms with Crippen molar-refractivity contribution in [3.8, 4) is 0 Å². The molecule has 0 fully saturated rings. The second-order valence-electron chi connectivity index (χ2n) is 38.1. The Labute approximate surface area is 812 Å². The topological polar surface area (TPSA) is 807 Å². The van der Waals surface area contributed by atoms with E-state index in [1.807, 2.05) is 0 Å². The summed E-state index contributed by atoms with van der Waals surface area (Å²) >= 11 is 0. The fraction of sp³-hybridized carbons (Fsp3) is 0.722. The van der Waals surface area contributed by atoms with Gasteiger partial charge in [0.2, 0.25) is 100 Å². The number of carbonyl (C=O) groups is 25. The van der Waals surface area contributed by atoms with Crippen molar-refractivity contribution >= 4 is 148 Å². The molecule has 792 valence electrons. The number of hydrogen-bond donors (Lipinski definition) is 25. The number of carbonyl (C=O) groups excluding carboxylic acids is 17. The number of nitrogens with two attached hydrogens (primary N) is 1. The molecule has 0 aliphatic heterocycles. The van der Waals surface area contributed by atoms with Crippen LogP contribution >= 0.6 is 0 Å². The standard InChI is InChI=1S/C90H149N17O33/c1-42(2)34-59(92-50(17)108)83(133)94-52(19-27-68(111)112)76(126)102-61(36-44(5)6)85(135)96-54(21-29-70(115)116)78(128)104-63(38-46(9)10)87(137)98-56(23-31-72(119)120)80(130)106-65(40-48(13)14)89(139)100-58(25-33-74(123)124)82(132)107-66(41-49(15)16)90(140)99-57(24-32-73(121)122)81(131)105-64(39-47(11)12)88(138)97-55(22-30-71(117)118)79(129)103-62(37-45(7)8)86(136)95-53(20-28-69(113)114)77(127)101-60(35-43(3)4)84(134)93-51(75(91)125)18-26-67(109)110/h42-49,51-66H,18-41H2,1-17H3,(H2,91,125)(H,92,108)(H,93,134)(H,94,133)(H,95,136)(H,96,135)(H,97,138)(H,98,137)(H,99,140)(H,100,139)(H,101,127)(H,102,126)(H,103,129)(H,104,128)(H,105,131)(H,106,130)(H,107,132)(H,109,110)(H,111,112)(H,113,114)(H,115,116)(H,117,118)(H,119,120)(H,121,122)(H,123,124)/t51-,52-,53-,54-,55-,56-,57-,58-,59-,60-,61-,62-,63-,64-,65-,66-/m0/s1. The lowest BCUT2D eigenvalue weighted by Gasteiger charge is -2.29. The fourth-order valence-corrected chi connectivity index (χ4v) is 14.3. The second kappa shape index (κ2) is 64.8. The molecule has 0 aromatic rings. The van der Waals surface area contributed by atoms with Gasteiger partial charge in [-0.2, -0.15) is 0 Å². The molecule has 0 aliphatic carbocycles. The molecular formula is C90H149N17O33. The van der Waals surface area contributed by atoms with Gasteiger partial charge in [0, 0.05) is 58.3 Å². The molecule has 0 aromatic carbocycles. The smallest absolute Gasteiger partial charge is 0.303 e. The van der Waals surface area contributed by atoms with Crippen LogP contribution in [0.15, 0.2) is 0 Å². The van der Waals surface area contributed by atoms with Gasteiger partial charge in [-0.05, 0) is 150 Å². The molecule has 26 N–H and O–H groups in total. The van der Waals surface area contributed by atoms with Crippen LogP contribution < -0.4 is 90.8 Å². The van der Waals surface area contributed by atoms with Crippen LogP contribution in [-0.4, -0.2) is 286 Å². The van der Waals surface area contributed by atoms with Crippen LogP contribution in [-0.2, 0) is 120 Å². The normalized spacial score (nSPS) is 14.8. The lowest BCUT2D eigenvalue weighted by Crippen LogP contribution is -2.61. The van der Waals surface area contributed by atoms with E-state index in [9.17, 15) is 161 Å². The number of aliphatic carboxylic acids is 8. The van der Waals surface area contributed by atoms with Crippen LogP contribution in [0.2, 0.25) is 0 Å². The van der Waals surface area contributed by atoms with Gasteiger partial charge >= 0.3 is 47.8 Å². The highest BCUT2D eigenvalue weighted by atomic mass is 16.4. The molecule has 140 heavy (non-hydrogen) atoms. The van der Waals surface area contributed by atoms with Gasteiger partial charge < -0.3 is 132 Å². The van der Waals surface area contributed by atoms with Crippen LogP contribution in [0.25, 0.3) is 0 Å². The maximum Gasteiger partial charge on any atom is 0.303 e. The molecule has 0 aromatic heterocycles. The van der Waals surface area contributed by atoms with Crippen molar-refractivity contribution in [2.75, 3.05) is 0 Å². The van der Waals surface area contributed by atoms with E-state index in [1.54, 1.807) is 111 Å². The van der Waals surface area contributed by atoms with Crippen molar-refractivity contribution in [2.24, 2.45) is 53.1 Å². The predicted octanol–water partition coefficient (Wildman–Crippen LogP) is -1.46. The van der Waals surface area contributed by atoms with Crippen molar-refractivity contribution in [3.05, 3.63) is 0 Å². The van der Waals surface area contributed by atoms with Crippen molar-refractivity contribution in [3.63, 3.8) is 0 Å². The molecule has 16 atom stereocenters. The third-order valence-electron chi connectivity index (χ3n) is 21.0. The Morgan fingerprint density at radius 2 is 0.257 bits per heavy atom. The number of hydrogen-bond acceptors (Lipinski definition) is 25. The minimum absolute atomic E-state index is 0.0994. The minimum atomic E-state index is -1.92. The first-order chi connectivity index (χ1) is 64.9. The summed E-state index contributed by atoms with van der Waals surface area (Å²) < 4.78 is 0. The van der Waals surface area contributed by atoms with Gasteiger partial charge in [-0.3, -0.25) is 120 Å². The summed E-state index contributed by atoms with van der Waals surface area (Å²) in [4.78, 5) is 336. The number of rotatable bonds is 72. The number of carboxylic acid groups (broad SMARTS) is 8. The largest absolute Gasteiger partial charge is 0.481 e. The summed E-state index contributed by atoms with van der Waals surface area (Å²) in [5, 5.41) is 116. The molecule has 0 heterocycles. The van der Waals surface area contributed by atoms with Crippen molar-refractivity contribution in [1.29, 1.82) is 0 Å². The quantitative estimate of drug-likeness (QED) is 0.0331. The molecule has 0 radical (unpaired) electrons. The van der Waals surface area contributed by atoms with Gasteiger partial charge in [-0.15, -0.1) is 0 Å². The molecule has 0 rings (SSSR count). The van der Waals surface area contributed by atoms with Crippen molar-refractivity contribution in [2.45, 2.75) is 368 Å². The summed E-state index contributed by atoms with van der Waals surface area (Å²) in [6.07, 6.45) is -12.9. The first-order valence-corrected chi connectivity index (χ1v) is 46.8. The Hall–Kier alpha value is -13.2. The molecule has 0 unspecified atom stereocenters. The van der Waals surface area contributed by atoms with E-state index in [-0.39, 0.29) is 63.2 Å². The summed E-state index contributed by atoms with van der Waals surface area (Å²) in [5.41, 5.74) is 5.42. The van der Waals surface area contributed by atoms with Crippen LogP contribution in [0.4, 0.5) is 0 Å². The molecule has 0 saturated carbocycles. The number of primary amides is 1. The Balaban J connectivity index is 7.64. The molecule has 0 saturated heterocycles. The zero-order valence-electron chi connectivity index (χ0n) is 82.7. The molecular weight excluding hydrogens is 1850 g/mol.